The van der Waals surface area contributed by atoms with E-state index in [9.17, 15) is 0 Å². The Balaban J connectivity index is 2.93. The minimum atomic E-state index is 0.335. The van der Waals surface area contributed by atoms with Crippen molar-refractivity contribution in [2.45, 2.75) is 46.6 Å². The SMILES string of the molecule is CC1=C(C)C(C)(C)CC(N)C1. The highest BCUT2D eigenvalue weighted by molar-refractivity contribution is 5.22. The van der Waals surface area contributed by atoms with Crippen molar-refractivity contribution in [1.29, 1.82) is 0 Å². The van der Waals surface area contributed by atoms with Gasteiger partial charge in [-0.05, 0) is 32.1 Å². The van der Waals surface area contributed by atoms with E-state index < -0.39 is 0 Å². The first kappa shape index (κ1) is 8.79. The van der Waals surface area contributed by atoms with Crippen LogP contribution in [0.5, 0.6) is 0 Å². The Morgan fingerprint density at radius 3 is 2.36 bits per heavy atom. The fourth-order valence-electron chi connectivity index (χ4n) is 2.00. The average molecular weight is 153 g/mol. The van der Waals surface area contributed by atoms with Crippen LogP contribution in [0.25, 0.3) is 0 Å². The second-order valence-electron chi connectivity index (χ2n) is 4.46. The van der Waals surface area contributed by atoms with Crippen molar-refractivity contribution in [2.75, 3.05) is 0 Å². The summed E-state index contributed by atoms with van der Waals surface area (Å²) in [5.41, 5.74) is 9.30. The molecular weight excluding hydrogens is 134 g/mol. The summed E-state index contributed by atoms with van der Waals surface area (Å²) in [6.45, 7) is 9.01. The van der Waals surface area contributed by atoms with Gasteiger partial charge in [-0.25, -0.2) is 0 Å². The van der Waals surface area contributed by atoms with Gasteiger partial charge in [0.1, 0.15) is 0 Å². The summed E-state index contributed by atoms with van der Waals surface area (Å²) < 4.78 is 0. The quantitative estimate of drug-likeness (QED) is 0.531. The molecule has 0 aromatic heterocycles. The molecule has 1 atom stereocenters. The van der Waals surface area contributed by atoms with E-state index >= 15 is 0 Å². The van der Waals surface area contributed by atoms with Crippen LogP contribution in [-0.4, -0.2) is 6.04 Å². The first-order valence-electron chi connectivity index (χ1n) is 4.36. The van der Waals surface area contributed by atoms with Gasteiger partial charge in [0.05, 0.1) is 0 Å². The molecule has 11 heavy (non-hydrogen) atoms. The third-order valence-corrected chi connectivity index (χ3v) is 3.00. The minimum Gasteiger partial charge on any atom is -0.327 e. The molecule has 2 N–H and O–H groups in total. The van der Waals surface area contributed by atoms with Crippen molar-refractivity contribution >= 4 is 0 Å². The molecule has 1 rings (SSSR count). The molecule has 64 valence electrons. The summed E-state index contributed by atoms with van der Waals surface area (Å²) in [4.78, 5) is 0. The first-order valence-corrected chi connectivity index (χ1v) is 4.36. The van der Waals surface area contributed by atoms with Crippen LogP contribution in [0.15, 0.2) is 11.1 Å². The molecule has 0 radical (unpaired) electrons. The zero-order valence-corrected chi connectivity index (χ0v) is 8.07. The van der Waals surface area contributed by atoms with E-state index in [1.807, 2.05) is 0 Å². The summed E-state index contributed by atoms with van der Waals surface area (Å²) in [5.74, 6) is 0. The molecule has 0 spiro atoms. The van der Waals surface area contributed by atoms with Crippen molar-refractivity contribution in [1.82, 2.24) is 0 Å². The zero-order chi connectivity index (χ0) is 8.65. The average Bonchev–Trinajstić information content (AvgIpc) is 1.81. The van der Waals surface area contributed by atoms with E-state index in [1.54, 1.807) is 5.57 Å². The predicted molar refractivity (Wildman–Crippen MR) is 49.4 cm³/mol. The molecule has 1 aliphatic rings. The van der Waals surface area contributed by atoms with Gasteiger partial charge in [-0.1, -0.05) is 25.0 Å². The Hall–Kier alpha value is -0.300. The predicted octanol–water partition coefficient (Wildman–Crippen LogP) is 2.47. The Morgan fingerprint density at radius 1 is 1.36 bits per heavy atom. The lowest BCUT2D eigenvalue weighted by Gasteiger charge is -2.35. The third-order valence-electron chi connectivity index (χ3n) is 3.00. The monoisotopic (exact) mass is 153 g/mol. The van der Waals surface area contributed by atoms with E-state index in [4.69, 9.17) is 5.73 Å². The van der Waals surface area contributed by atoms with Crippen molar-refractivity contribution in [3.8, 4) is 0 Å². The highest BCUT2D eigenvalue weighted by atomic mass is 14.6. The smallest absolute Gasteiger partial charge is 0.00842 e. The fraction of sp³-hybridized carbons (Fsp3) is 0.800. The van der Waals surface area contributed by atoms with Crippen molar-refractivity contribution < 1.29 is 0 Å². The van der Waals surface area contributed by atoms with Crippen LogP contribution in [-0.2, 0) is 0 Å². The molecule has 0 saturated heterocycles. The van der Waals surface area contributed by atoms with Gasteiger partial charge >= 0.3 is 0 Å². The second-order valence-corrected chi connectivity index (χ2v) is 4.46. The molecule has 1 aliphatic carbocycles. The molecule has 0 amide bonds. The van der Waals surface area contributed by atoms with Crippen LogP contribution in [0.1, 0.15) is 40.5 Å². The summed E-state index contributed by atoms with van der Waals surface area (Å²) in [6.07, 6.45) is 2.23. The first-order chi connectivity index (χ1) is 4.93. The minimum absolute atomic E-state index is 0.335. The van der Waals surface area contributed by atoms with Crippen LogP contribution >= 0.6 is 0 Å². The number of allylic oxidation sites excluding steroid dienone is 1. The van der Waals surface area contributed by atoms with E-state index in [1.165, 1.54) is 5.57 Å². The van der Waals surface area contributed by atoms with E-state index in [-0.39, 0.29) is 0 Å². The van der Waals surface area contributed by atoms with Gasteiger partial charge in [-0.2, -0.15) is 0 Å². The number of nitrogens with two attached hydrogens (primary N) is 1. The standard InChI is InChI=1S/C10H19N/c1-7-5-9(11)6-10(3,4)8(7)2/h9H,5-6,11H2,1-4H3. The van der Waals surface area contributed by atoms with E-state index in [0.717, 1.165) is 12.8 Å². The maximum atomic E-state index is 5.93. The Labute approximate surface area is 69.7 Å². The van der Waals surface area contributed by atoms with E-state index in [2.05, 4.69) is 27.7 Å². The fourth-order valence-corrected chi connectivity index (χ4v) is 2.00. The molecule has 0 aromatic carbocycles. The van der Waals surface area contributed by atoms with Crippen LogP contribution in [0.3, 0.4) is 0 Å². The van der Waals surface area contributed by atoms with Crippen LogP contribution in [0.4, 0.5) is 0 Å². The highest BCUT2D eigenvalue weighted by Crippen LogP contribution is 2.38. The van der Waals surface area contributed by atoms with Crippen LogP contribution < -0.4 is 5.73 Å². The lowest BCUT2D eigenvalue weighted by molar-refractivity contribution is 0.335. The second kappa shape index (κ2) is 2.63. The van der Waals surface area contributed by atoms with Gasteiger partial charge in [-0.3, -0.25) is 0 Å². The largest absolute Gasteiger partial charge is 0.327 e. The number of hydrogen-bond donors (Lipinski definition) is 1. The molecule has 0 fully saturated rings. The Bertz CT molecular complexity index is 189. The van der Waals surface area contributed by atoms with E-state index in [0.29, 0.717) is 11.5 Å². The summed E-state index contributed by atoms with van der Waals surface area (Å²) >= 11 is 0. The van der Waals surface area contributed by atoms with Gasteiger partial charge < -0.3 is 5.73 Å². The van der Waals surface area contributed by atoms with Crippen LogP contribution in [0.2, 0.25) is 0 Å². The lowest BCUT2D eigenvalue weighted by atomic mass is 9.72. The summed E-state index contributed by atoms with van der Waals surface area (Å²) in [6, 6.07) is 0.383. The van der Waals surface area contributed by atoms with Gasteiger partial charge in [0.25, 0.3) is 0 Å². The lowest BCUT2D eigenvalue weighted by Crippen LogP contribution is -2.33. The third kappa shape index (κ3) is 1.64. The molecular formula is C10H19N. The molecule has 0 heterocycles. The van der Waals surface area contributed by atoms with Crippen molar-refractivity contribution in [2.24, 2.45) is 11.1 Å². The number of hydrogen-bond acceptors (Lipinski definition) is 1. The molecule has 0 aliphatic heterocycles. The summed E-state index contributed by atoms with van der Waals surface area (Å²) in [5, 5.41) is 0. The maximum absolute atomic E-state index is 5.93. The molecule has 0 bridgehead atoms. The van der Waals surface area contributed by atoms with Gasteiger partial charge in [0, 0.05) is 6.04 Å². The normalized spacial score (nSPS) is 30.8. The van der Waals surface area contributed by atoms with Crippen molar-refractivity contribution in [3.05, 3.63) is 11.1 Å². The molecule has 0 aromatic rings. The maximum Gasteiger partial charge on any atom is 0.00842 e. The van der Waals surface area contributed by atoms with Gasteiger partial charge in [-0.15, -0.1) is 0 Å². The van der Waals surface area contributed by atoms with Gasteiger partial charge in [0.2, 0.25) is 0 Å². The van der Waals surface area contributed by atoms with Crippen molar-refractivity contribution in [3.63, 3.8) is 0 Å². The molecule has 1 unspecified atom stereocenters. The van der Waals surface area contributed by atoms with Crippen LogP contribution in [0, 0.1) is 5.41 Å². The molecule has 1 heteroatoms. The molecule has 0 saturated carbocycles. The van der Waals surface area contributed by atoms with Gasteiger partial charge in [0.15, 0.2) is 0 Å². The summed E-state index contributed by atoms with van der Waals surface area (Å²) in [7, 11) is 0. The molecule has 1 nitrogen and oxygen atoms in total. The zero-order valence-electron chi connectivity index (χ0n) is 8.07. The number of rotatable bonds is 0. The highest BCUT2D eigenvalue weighted by Gasteiger charge is 2.28. The Morgan fingerprint density at radius 2 is 1.91 bits per heavy atom. The topological polar surface area (TPSA) is 26.0 Å². The Kier molecular flexibility index (Phi) is 2.10.